The highest BCUT2D eigenvalue weighted by molar-refractivity contribution is 7.87. The Kier molecular flexibility index (Phi) is 5.77. The number of carbonyl (C=O) groups excluding carboxylic acids is 2. The van der Waals surface area contributed by atoms with Crippen LogP contribution in [-0.4, -0.2) is 45.9 Å². The molecule has 3 aromatic rings. The maximum atomic E-state index is 13.1. The van der Waals surface area contributed by atoms with E-state index in [2.05, 4.69) is 5.11 Å². The molecule has 1 aliphatic rings. The van der Waals surface area contributed by atoms with Crippen LogP contribution in [-0.2, 0) is 10.1 Å². The molecule has 36 heavy (non-hydrogen) atoms. The topological polar surface area (TPSA) is 195 Å². The smallest absolute Gasteiger partial charge is 0.339 e. The zero-order chi connectivity index (χ0) is 26.4. The maximum absolute atomic E-state index is 13.1. The number of ketones is 2. The van der Waals surface area contributed by atoms with Crippen LogP contribution in [0.1, 0.15) is 38.8 Å². The average Bonchev–Trinajstić information content (AvgIpc) is 2.85. The van der Waals surface area contributed by atoms with E-state index in [1.807, 2.05) is 0 Å². The molecule has 0 aliphatic heterocycles. The standard InChI is InChI=1S/C24H18N2O9S/c1-24(26-25)10-9-13-14(23(24)32)3-2-4-19(13)36(33,34)35-18-11-12(5-7-16(18)27)20(29)15-6-8-17(28)22(31)21(15)30/h2-11,25,27-28,30-31H,1H3. The van der Waals surface area contributed by atoms with E-state index in [-0.39, 0.29) is 16.7 Å². The van der Waals surface area contributed by atoms with Crippen molar-refractivity contribution in [3.63, 3.8) is 0 Å². The highest BCUT2D eigenvalue weighted by Crippen LogP contribution is 2.39. The van der Waals surface area contributed by atoms with Crippen molar-refractivity contribution in [2.24, 2.45) is 5.11 Å². The van der Waals surface area contributed by atoms with Crippen LogP contribution in [0.3, 0.4) is 0 Å². The van der Waals surface area contributed by atoms with Gasteiger partial charge in [0.2, 0.25) is 5.75 Å². The summed E-state index contributed by atoms with van der Waals surface area (Å²) in [5, 5.41) is 42.6. The first-order chi connectivity index (χ1) is 16.9. The first-order valence-corrected chi connectivity index (χ1v) is 11.6. The molecule has 5 N–H and O–H groups in total. The molecule has 0 radical (unpaired) electrons. The molecule has 1 unspecified atom stereocenters. The van der Waals surface area contributed by atoms with Crippen molar-refractivity contribution in [1.82, 2.24) is 0 Å². The number of carbonyl (C=O) groups is 2. The van der Waals surface area contributed by atoms with Gasteiger partial charge in [0, 0.05) is 16.7 Å². The lowest BCUT2D eigenvalue weighted by atomic mass is 9.84. The number of aromatic hydroxyl groups is 4. The Bertz CT molecular complexity index is 1600. The summed E-state index contributed by atoms with van der Waals surface area (Å²) in [6.45, 7) is 1.41. The molecule has 0 spiro atoms. The Morgan fingerprint density at radius 3 is 2.39 bits per heavy atom. The van der Waals surface area contributed by atoms with E-state index in [1.165, 1.54) is 37.3 Å². The molecule has 1 atom stereocenters. The fraction of sp³-hybridized carbons (Fsp3) is 0.0833. The van der Waals surface area contributed by atoms with Crippen molar-refractivity contribution < 1.29 is 42.6 Å². The molecule has 0 amide bonds. The zero-order valence-corrected chi connectivity index (χ0v) is 19.3. The third-order valence-corrected chi connectivity index (χ3v) is 6.94. The fourth-order valence-corrected chi connectivity index (χ4v) is 4.76. The number of hydrogen-bond donors (Lipinski definition) is 5. The van der Waals surface area contributed by atoms with Crippen molar-refractivity contribution in [3.05, 3.63) is 76.9 Å². The van der Waals surface area contributed by atoms with Gasteiger partial charge in [0.25, 0.3) is 0 Å². The number of rotatable bonds is 6. The molecule has 0 saturated heterocycles. The van der Waals surface area contributed by atoms with Crippen molar-refractivity contribution in [2.45, 2.75) is 17.4 Å². The Hall–Kier alpha value is -4.71. The molecule has 0 aromatic heterocycles. The van der Waals surface area contributed by atoms with Crippen LogP contribution in [0.25, 0.3) is 6.08 Å². The van der Waals surface area contributed by atoms with Gasteiger partial charge in [-0.1, -0.05) is 18.2 Å². The summed E-state index contributed by atoms with van der Waals surface area (Å²) < 4.78 is 31.4. The molecule has 11 nitrogen and oxygen atoms in total. The Labute approximate surface area is 204 Å². The van der Waals surface area contributed by atoms with Gasteiger partial charge in [0.15, 0.2) is 40.1 Å². The molecule has 12 heteroatoms. The molecule has 0 heterocycles. The SMILES string of the molecule is CC1(N=N)C=Cc2c(cccc2S(=O)(=O)Oc2cc(C(=O)c3ccc(O)c(O)c3O)ccc2O)C1=O. The summed E-state index contributed by atoms with van der Waals surface area (Å²) >= 11 is 0. The van der Waals surface area contributed by atoms with E-state index in [1.54, 1.807) is 0 Å². The number of nitrogens with zero attached hydrogens (tertiary/aromatic N) is 1. The molecule has 0 saturated carbocycles. The fourth-order valence-electron chi connectivity index (χ4n) is 3.61. The molecule has 3 aromatic carbocycles. The molecule has 1 aliphatic carbocycles. The number of nitrogens with one attached hydrogen (secondary N) is 1. The van der Waals surface area contributed by atoms with E-state index in [0.29, 0.717) is 0 Å². The van der Waals surface area contributed by atoms with Gasteiger partial charge in [0.05, 0.1) is 5.56 Å². The van der Waals surface area contributed by atoms with Gasteiger partial charge in [-0.05, 0) is 49.4 Å². The second kappa shape index (κ2) is 8.50. The number of fused-ring (bicyclic) bond motifs is 1. The van der Waals surface area contributed by atoms with Crippen LogP contribution in [0.5, 0.6) is 28.7 Å². The summed E-state index contributed by atoms with van der Waals surface area (Å²) in [5.41, 5.74) is 5.22. The van der Waals surface area contributed by atoms with Gasteiger partial charge >= 0.3 is 10.1 Å². The second-order valence-corrected chi connectivity index (χ2v) is 9.53. The predicted octanol–water partition coefficient (Wildman–Crippen LogP) is 3.51. The first kappa shape index (κ1) is 24.4. The summed E-state index contributed by atoms with van der Waals surface area (Å²) in [4.78, 5) is 25.2. The molecule has 184 valence electrons. The molecule has 4 rings (SSSR count). The van der Waals surface area contributed by atoms with E-state index < -0.39 is 66.4 Å². The van der Waals surface area contributed by atoms with Crippen LogP contribution in [0.15, 0.2) is 64.6 Å². The normalized spacial score (nSPS) is 16.9. The van der Waals surface area contributed by atoms with E-state index >= 15 is 0 Å². The van der Waals surface area contributed by atoms with Crippen LogP contribution >= 0.6 is 0 Å². The number of phenolic OH excluding ortho intramolecular Hbond substituents is 4. The van der Waals surface area contributed by atoms with Gasteiger partial charge in [0.1, 0.15) is 4.90 Å². The first-order valence-electron chi connectivity index (χ1n) is 10.2. The Morgan fingerprint density at radius 1 is 1.00 bits per heavy atom. The summed E-state index contributed by atoms with van der Waals surface area (Å²) in [6.07, 6.45) is 2.63. The summed E-state index contributed by atoms with van der Waals surface area (Å²) in [7, 11) is -4.65. The third-order valence-electron chi connectivity index (χ3n) is 5.64. The minimum Gasteiger partial charge on any atom is -0.504 e. The summed E-state index contributed by atoms with van der Waals surface area (Å²) in [5.74, 6) is -5.14. The largest absolute Gasteiger partial charge is 0.504 e. The lowest BCUT2D eigenvalue weighted by Crippen LogP contribution is -2.33. The minimum absolute atomic E-state index is 0.0106. The second-order valence-electron chi connectivity index (χ2n) is 8.02. The van der Waals surface area contributed by atoms with Gasteiger partial charge in [-0.3, -0.25) is 9.59 Å². The molecule has 0 fully saturated rings. The van der Waals surface area contributed by atoms with Gasteiger partial charge in [-0.25, -0.2) is 5.53 Å². The van der Waals surface area contributed by atoms with Gasteiger partial charge in [-0.2, -0.15) is 13.5 Å². The number of phenols is 4. The van der Waals surface area contributed by atoms with Crippen molar-refractivity contribution >= 4 is 27.8 Å². The number of Topliss-reactive ketones (excluding diaryl/α,β-unsaturated/α-hetero) is 1. The van der Waals surface area contributed by atoms with Crippen LogP contribution in [0.2, 0.25) is 0 Å². The maximum Gasteiger partial charge on any atom is 0.339 e. The predicted molar refractivity (Wildman–Crippen MR) is 124 cm³/mol. The average molecular weight is 510 g/mol. The van der Waals surface area contributed by atoms with E-state index in [4.69, 9.17) is 9.71 Å². The van der Waals surface area contributed by atoms with E-state index in [9.17, 15) is 38.4 Å². The zero-order valence-electron chi connectivity index (χ0n) is 18.5. The van der Waals surface area contributed by atoms with Crippen molar-refractivity contribution in [3.8, 4) is 28.7 Å². The van der Waals surface area contributed by atoms with Gasteiger partial charge in [-0.15, -0.1) is 0 Å². The quantitative estimate of drug-likeness (QED) is 0.143. The van der Waals surface area contributed by atoms with Crippen LogP contribution < -0.4 is 4.18 Å². The van der Waals surface area contributed by atoms with Crippen molar-refractivity contribution in [1.29, 1.82) is 5.53 Å². The summed E-state index contributed by atoms with van der Waals surface area (Å²) in [6, 6.07) is 8.99. The Balaban J connectivity index is 1.73. The monoisotopic (exact) mass is 510 g/mol. The highest BCUT2D eigenvalue weighted by Gasteiger charge is 2.37. The molecular formula is C24H18N2O9S. The minimum atomic E-state index is -4.65. The van der Waals surface area contributed by atoms with Crippen molar-refractivity contribution in [2.75, 3.05) is 0 Å². The van der Waals surface area contributed by atoms with Crippen LogP contribution in [0.4, 0.5) is 0 Å². The highest BCUT2D eigenvalue weighted by atomic mass is 32.2. The number of benzene rings is 3. The van der Waals surface area contributed by atoms with Crippen LogP contribution in [0, 0.1) is 5.53 Å². The lowest BCUT2D eigenvalue weighted by Gasteiger charge is -2.24. The van der Waals surface area contributed by atoms with E-state index in [0.717, 1.165) is 30.3 Å². The molecular weight excluding hydrogens is 492 g/mol. The number of hydrogen-bond acceptors (Lipinski definition) is 11. The Morgan fingerprint density at radius 2 is 1.69 bits per heavy atom. The van der Waals surface area contributed by atoms with Gasteiger partial charge < -0.3 is 24.6 Å². The lowest BCUT2D eigenvalue weighted by molar-refractivity contribution is 0.0924. The third kappa shape index (κ3) is 3.92. The molecule has 0 bridgehead atoms.